The molecule has 0 atom stereocenters. The molecule has 27 heavy (non-hydrogen) atoms. The van der Waals surface area contributed by atoms with Crippen molar-refractivity contribution in [2.75, 3.05) is 19.5 Å². The minimum atomic E-state index is -0.516. The van der Waals surface area contributed by atoms with Crippen molar-refractivity contribution < 1.29 is 19.1 Å². The average Bonchev–Trinajstić information content (AvgIpc) is 2.66. The van der Waals surface area contributed by atoms with Crippen LogP contribution in [-0.2, 0) is 9.47 Å². The second-order valence-corrected chi connectivity index (χ2v) is 6.00. The molecule has 0 saturated carbocycles. The van der Waals surface area contributed by atoms with Gasteiger partial charge in [0.05, 0.1) is 36.7 Å². The zero-order valence-electron chi connectivity index (χ0n) is 15.5. The largest absolute Gasteiger partial charge is 0.465 e. The highest BCUT2D eigenvalue weighted by atomic mass is 16.5. The summed E-state index contributed by atoms with van der Waals surface area (Å²) in [5.74, 6) is -1.01. The number of ether oxygens (including phenoxy) is 2. The third-order valence-electron chi connectivity index (χ3n) is 4.06. The summed E-state index contributed by atoms with van der Waals surface area (Å²) in [6.45, 7) is 3.76. The van der Waals surface area contributed by atoms with Crippen LogP contribution in [0.25, 0.3) is 11.0 Å². The van der Waals surface area contributed by atoms with E-state index < -0.39 is 11.9 Å². The normalized spacial score (nSPS) is 10.5. The minimum Gasteiger partial charge on any atom is -0.465 e. The fourth-order valence-corrected chi connectivity index (χ4v) is 2.75. The number of anilines is 2. The molecule has 2 heterocycles. The maximum absolute atomic E-state index is 12.1. The van der Waals surface area contributed by atoms with Gasteiger partial charge in [0.1, 0.15) is 0 Å². The molecule has 0 aliphatic carbocycles. The van der Waals surface area contributed by atoms with E-state index in [1.165, 1.54) is 26.4 Å². The lowest BCUT2D eigenvalue weighted by molar-refractivity contribution is 0.0587. The maximum Gasteiger partial charge on any atom is 0.339 e. The van der Waals surface area contributed by atoms with Crippen molar-refractivity contribution in [1.29, 1.82) is 0 Å². The van der Waals surface area contributed by atoms with Gasteiger partial charge in [0, 0.05) is 16.8 Å². The lowest BCUT2D eigenvalue weighted by Crippen LogP contribution is -2.09. The van der Waals surface area contributed by atoms with Gasteiger partial charge >= 0.3 is 11.9 Å². The van der Waals surface area contributed by atoms with Gasteiger partial charge in [-0.15, -0.1) is 0 Å². The Balaban J connectivity index is 2.15. The van der Waals surface area contributed by atoms with Crippen LogP contribution >= 0.6 is 0 Å². The maximum atomic E-state index is 12.1. The topological polar surface area (TPSA) is 90.4 Å². The summed E-state index contributed by atoms with van der Waals surface area (Å²) in [5, 5.41) is 4.02. The molecule has 0 fully saturated rings. The van der Waals surface area contributed by atoms with Gasteiger partial charge in [0.25, 0.3) is 0 Å². The fourth-order valence-electron chi connectivity index (χ4n) is 2.75. The number of hydrogen-bond donors (Lipinski definition) is 1. The molecule has 0 unspecified atom stereocenters. The predicted molar refractivity (Wildman–Crippen MR) is 101 cm³/mol. The number of aryl methyl sites for hydroxylation is 2. The van der Waals surface area contributed by atoms with E-state index in [0.29, 0.717) is 22.5 Å². The smallest absolute Gasteiger partial charge is 0.339 e. The number of nitrogens with one attached hydrogen (secondary N) is 1. The number of aromatic nitrogens is 2. The number of methoxy groups -OCH3 is 2. The van der Waals surface area contributed by atoms with Gasteiger partial charge in [-0.25, -0.2) is 19.6 Å². The molecular weight excluding hydrogens is 346 g/mol. The first kappa shape index (κ1) is 18.3. The van der Waals surface area contributed by atoms with E-state index in [1.807, 2.05) is 32.0 Å². The van der Waals surface area contributed by atoms with Crippen LogP contribution in [-0.4, -0.2) is 36.1 Å². The number of pyridine rings is 2. The van der Waals surface area contributed by atoms with Gasteiger partial charge in [0.2, 0.25) is 0 Å². The van der Waals surface area contributed by atoms with Gasteiger partial charge < -0.3 is 14.8 Å². The number of rotatable bonds is 4. The number of fused-ring (bicyclic) bond motifs is 1. The van der Waals surface area contributed by atoms with Crippen LogP contribution in [0.4, 0.5) is 11.4 Å². The van der Waals surface area contributed by atoms with E-state index in [0.717, 1.165) is 22.5 Å². The van der Waals surface area contributed by atoms with Crippen LogP contribution < -0.4 is 5.32 Å². The van der Waals surface area contributed by atoms with Crippen LogP contribution in [0.2, 0.25) is 0 Å². The number of nitrogens with zero attached hydrogens (tertiary/aromatic N) is 2. The van der Waals surface area contributed by atoms with Gasteiger partial charge in [-0.3, -0.25) is 0 Å². The van der Waals surface area contributed by atoms with Crippen molar-refractivity contribution in [2.24, 2.45) is 0 Å². The monoisotopic (exact) mass is 365 g/mol. The Morgan fingerprint density at radius 2 is 1.56 bits per heavy atom. The number of esters is 2. The van der Waals surface area contributed by atoms with E-state index >= 15 is 0 Å². The molecular formula is C20H19N3O4. The average molecular weight is 365 g/mol. The fraction of sp³-hybridized carbons (Fsp3) is 0.200. The molecule has 0 bridgehead atoms. The van der Waals surface area contributed by atoms with Crippen molar-refractivity contribution in [2.45, 2.75) is 13.8 Å². The molecule has 2 aromatic heterocycles. The van der Waals surface area contributed by atoms with Crippen LogP contribution in [0.5, 0.6) is 0 Å². The standard InChI is InChI=1S/C20H19N3O4/c1-11-5-7-14-16(9-12(2)22-18(14)21-11)23-17-10-13(19(24)26-3)6-8-15(17)20(25)27-4/h5-10H,1-4H3,(H,21,22,23). The molecule has 0 saturated heterocycles. The second kappa shape index (κ2) is 7.41. The third-order valence-corrected chi connectivity index (χ3v) is 4.06. The first-order valence-electron chi connectivity index (χ1n) is 8.25. The molecule has 7 nitrogen and oxygen atoms in total. The highest BCUT2D eigenvalue weighted by Crippen LogP contribution is 2.29. The summed E-state index contributed by atoms with van der Waals surface area (Å²) in [4.78, 5) is 32.9. The summed E-state index contributed by atoms with van der Waals surface area (Å²) < 4.78 is 9.62. The quantitative estimate of drug-likeness (QED) is 0.707. The molecule has 1 N–H and O–H groups in total. The molecule has 0 aliphatic heterocycles. The number of carbonyl (C=O) groups excluding carboxylic acids is 2. The van der Waals surface area contributed by atoms with E-state index in [2.05, 4.69) is 15.3 Å². The Hall–Kier alpha value is -3.48. The van der Waals surface area contributed by atoms with Crippen molar-refractivity contribution in [3.05, 3.63) is 58.9 Å². The summed E-state index contributed by atoms with van der Waals surface area (Å²) in [7, 11) is 2.61. The van der Waals surface area contributed by atoms with Gasteiger partial charge in [-0.2, -0.15) is 0 Å². The third kappa shape index (κ3) is 3.72. The molecule has 3 aromatic rings. The van der Waals surface area contributed by atoms with Gasteiger partial charge in [0.15, 0.2) is 5.65 Å². The Kier molecular flexibility index (Phi) is 5.03. The molecule has 0 amide bonds. The Morgan fingerprint density at radius 3 is 2.26 bits per heavy atom. The van der Waals surface area contributed by atoms with Crippen molar-refractivity contribution in [3.63, 3.8) is 0 Å². The Labute approximate surface area is 156 Å². The summed E-state index contributed by atoms with van der Waals surface area (Å²) in [6, 6.07) is 10.3. The van der Waals surface area contributed by atoms with E-state index in [4.69, 9.17) is 9.47 Å². The SMILES string of the molecule is COC(=O)c1ccc(C(=O)OC)c(Nc2cc(C)nc3nc(C)ccc23)c1. The molecule has 7 heteroatoms. The zero-order valence-corrected chi connectivity index (χ0v) is 15.5. The van der Waals surface area contributed by atoms with Gasteiger partial charge in [-0.05, 0) is 50.2 Å². The highest BCUT2D eigenvalue weighted by molar-refractivity contribution is 6.01. The lowest BCUT2D eigenvalue weighted by Gasteiger charge is -2.14. The van der Waals surface area contributed by atoms with Crippen molar-refractivity contribution in [3.8, 4) is 0 Å². The highest BCUT2D eigenvalue weighted by Gasteiger charge is 2.17. The molecule has 3 rings (SSSR count). The molecule has 0 radical (unpaired) electrons. The second-order valence-electron chi connectivity index (χ2n) is 6.00. The summed E-state index contributed by atoms with van der Waals surface area (Å²) in [5.41, 5.74) is 3.99. The number of hydrogen-bond acceptors (Lipinski definition) is 7. The van der Waals surface area contributed by atoms with Crippen molar-refractivity contribution >= 4 is 34.3 Å². The van der Waals surface area contributed by atoms with Crippen LogP contribution in [0, 0.1) is 13.8 Å². The summed E-state index contributed by atoms with van der Waals surface area (Å²) >= 11 is 0. The summed E-state index contributed by atoms with van der Waals surface area (Å²) in [6.07, 6.45) is 0. The zero-order chi connectivity index (χ0) is 19.6. The molecule has 0 aliphatic rings. The Morgan fingerprint density at radius 1 is 0.852 bits per heavy atom. The van der Waals surface area contributed by atoms with E-state index in [1.54, 1.807) is 6.07 Å². The molecule has 0 spiro atoms. The van der Waals surface area contributed by atoms with Gasteiger partial charge in [-0.1, -0.05) is 0 Å². The first-order chi connectivity index (χ1) is 12.9. The minimum absolute atomic E-state index is 0.299. The predicted octanol–water partition coefficient (Wildman–Crippen LogP) is 3.56. The molecule has 138 valence electrons. The molecule has 1 aromatic carbocycles. The first-order valence-corrected chi connectivity index (χ1v) is 8.25. The number of benzene rings is 1. The van der Waals surface area contributed by atoms with Crippen LogP contribution in [0.15, 0.2) is 36.4 Å². The van der Waals surface area contributed by atoms with E-state index in [9.17, 15) is 9.59 Å². The lowest BCUT2D eigenvalue weighted by atomic mass is 10.1. The van der Waals surface area contributed by atoms with Crippen molar-refractivity contribution in [1.82, 2.24) is 9.97 Å². The number of carbonyl (C=O) groups is 2. The van der Waals surface area contributed by atoms with E-state index in [-0.39, 0.29) is 0 Å². The van der Waals surface area contributed by atoms with Crippen LogP contribution in [0.3, 0.4) is 0 Å². The Bertz CT molecular complexity index is 1040. The van der Waals surface area contributed by atoms with Crippen LogP contribution in [0.1, 0.15) is 32.1 Å².